The molecule has 0 saturated carbocycles. The summed E-state index contributed by atoms with van der Waals surface area (Å²) < 4.78 is 1.76. The lowest BCUT2D eigenvalue weighted by molar-refractivity contribution is -0.126. The summed E-state index contributed by atoms with van der Waals surface area (Å²) >= 11 is 0. The van der Waals surface area contributed by atoms with Crippen LogP contribution in [0, 0.1) is 5.41 Å². The fraction of sp³-hybridized carbons (Fsp3) is 0.471. The van der Waals surface area contributed by atoms with Crippen molar-refractivity contribution in [2.45, 2.75) is 34.1 Å². The second-order valence-electron chi connectivity index (χ2n) is 6.04. The van der Waals surface area contributed by atoms with Gasteiger partial charge in [-0.3, -0.25) is 19.4 Å². The number of hydrogen-bond donors (Lipinski definition) is 0. The summed E-state index contributed by atoms with van der Waals surface area (Å²) in [6.07, 6.45) is 4.31. The fourth-order valence-corrected chi connectivity index (χ4v) is 2.29. The maximum atomic E-state index is 12.8. The quantitative estimate of drug-likeness (QED) is 0.851. The summed E-state index contributed by atoms with van der Waals surface area (Å²) in [6.45, 7) is 8.61. The van der Waals surface area contributed by atoms with E-state index in [1.807, 2.05) is 52.9 Å². The first kappa shape index (κ1) is 16.2. The van der Waals surface area contributed by atoms with E-state index in [4.69, 9.17) is 0 Å². The van der Waals surface area contributed by atoms with Crippen molar-refractivity contribution >= 4 is 11.7 Å². The standard InChI is InChI=1S/C17H24N4O/c1-6-17(3,4)16(22)21(7-2)15-11-14(19-20(15)5)13-9-8-10-18-12-13/h8-12H,6-7H2,1-5H3. The van der Waals surface area contributed by atoms with Crippen LogP contribution in [0.15, 0.2) is 30.6 Å². The summed E-state index contributed by atoms with van der Waals surface area (Å²) in [5.41, 5.74) is 1.39. The van der Waals surface area contributed by atoms with Gasteiger partial charge in [0, 0.05) is 43.0 Å². The highest BCUT2D eigenvalue weighted by Crippen LogP contribution is 2.29. The van der Waals surface area contributed by atoms with Crippen LogP contribution in [-0.4, -0.2) is 27.2 Å². The molecule has 2 heterocycles. The van der Waals surface area contributed by atoms with Crippen LogP contribution in [-0.2, 0) is 11.8 Å². The molecule has 5 nitrogen and oxygen atoms in total. The molecule has 118 valence electrons. The number of carbonyl (C=O) groups excluding carboxylic acids is 1. The Kier molecular flexibility index (Phi) is 4.64. The molecule has 0 radical (unpaired) electrons. The number of aromatic nitrogens is 3. The molecule has 2 rings (SSSR count). The van der Waals surface area contributed by atoms with E-state index >= 15 is 0 Å². The molecule has 0 aromatic carbocycles. The van der Waals surface area contributed by atoms with Crippen molar-refractivity contribution in [2.75, 3.05) is 11.4 Å². The predicted octanol–water partition coefficient (Wildman–Crippen LogP) is 3.27. The van der Waals surface area contributed by atoms with Crippen molar-refractivity contribution in [1.82, 2.24) is 14.8 Å². The lowest BCUT2D eigenvalue weighted by Crippen LogP contribution is -2.41. The topological polar surface area (TPSA) is 51.0 Å². The van der Waals surface area contributed by atoms with Gasteiger partial charge in [-0.2, -0.15) is 5.10 Å². The van der Waals surface area contributed by atoms with Crippen LogP contribution < -0.4 is 4.90 Å². The van der Waals surface area contributed by atoms with Crippen molar-refractivity contribution in [3.63, 3.8) is 0 Å². The maximum absolute atomic E-state index is 12.8. The first-order valence-corrected chi connectivity index (χ1v) is 7.67. The first-order valence-electron chi connectivity index (χ1n) is 7.67. The van der Waals surface area contributed by atoms with Crippen LogP contribution in [0.25, 0.3) is 11.3 Å². The van der Waals surface area contributed by atoms with Gasteiger partial charge in [-0.05, 0) is 25.5 Å². The fourth-order valence-electron chi connectivity index (χ4n) is 2.29. The van der Waals surface area contributed by atoms with E-state index < -0.39 is 0 Å². The minimum absolute atomic E-state index is 0.123. The van der Waals surface area contributed by atoms with Gasteiger partial charge in [-0.15, -0.1) is 0 Å². The highest BCUT2D eigenvalue weighted by Gasteiger charge is 2.31. The maximum Gasteiger partial charge on any atom is 0.233 e. The molecular formula is C17H24N4O. The van der Waals surface area contributed by atoms with Gasteiger partial charge in [0.15, 0.2) is 0 Å². The third kappa shape index (κ3) is 3.03. The summed E-state index contributed by atoms with van der Waals surface area (Å²) in [5, 5.41) is 4.52. The number of pyridine rings is 1. The monoisotopic (exact) mass is 300 g/mol. The number of amides is 1. The van der Waals surface area contributed by atoms with Crippen LogP contribution in [0.4, 0.5) is 5.82 Å². The Morgan fingerprint density at radius 3 is 2.64 bits per heavy atom. The molecule has 1 amide bonds. The number of aryl methyl sites for hydroxylation is 1. The molecule has 0 N–H and O–H groups in total. The number of nitrogens with zero attached hydrogens (tertiary/aromatic N) is 4. The molecule has 0 fully saturated rings. The van der Waals surface area contributed by atoms with E-state index in [0.717, 1.165) is 23.5 Å². The minimum Gasteiger partial charge on any atom is -0.297 e. The largest absolute Gasteiger partial charge is 0.297 e. The van der Waals surface area contributed by atoms with E-state index in [1.54, 1.807) is 22.0 Å². The molecule has 0 aliphatic carbocycles. The molecule has 22 heavy (non-hydrogen) atoms. The molecular weight excluding hydrogens is 276 g/mol. The summed E-state index contributed by atoms with van der Waals surface area (Å²) in [6, 6.07) is 5.80. The number of anilines is 1. The average Bonchev–Trinajstić information content (AvgIpc) is 2.91. The molecule has 0 aliphatic heterocycles. The summed E-state index contributed by atoms with van der Waals surface area (Å²) in [4.78, 5) is 18.7. The molecule has 0 atom stereocenters. The van der Waals surface area contributed by atoms with E-state index in [9.17, 15) is 4.79 Å². The number of carbonyl (C=O) groups is 1. The van der Waals surface area contributed by atoms with Crippen molar-refractivity contribution in [3.05, 3.63) is 30.6 Å². The van der Waals surface area contributed by atoms with Crippen molar-refractivity contribution in [1.29, 1.82) is 0 Å². The summed E-state index contributed by atoms with van der Waals surface area (Å²) in [7, 11) is 1.87. The Bertz CT molecular complexity index is 646. The Labute approximate surface area is 132 Å². The van der Waals surface area contributed by atoms with Crippen LogP contribution >= 0.6 is 0 Å². The van der Waals surface area contributed by atoms with Crippen molar-refractivity contribution in [2.24, 2.45) is 12.5 Å². The van der Waals surface area contributed by atoms with Gasteiger partial charge in [-0.1, -0.05) is 20.8 Å². The van der Waals surface area contributed by atoms with Gasteiger partial charge in [0.1, 0.15) is 5.82 Å². The van der Waals surface area contributed by atoms with E-state index in [1.165, 1.54) is 0 Å². The van der Waals surface area contributed by atoms with Crippen LogP contribution in [0.3, 0.4) is 0 Å². The van der Waals surface area contributed by atoms with Gasteiger partial charge < -0.3 is 0 Å². The van der Waals surface area contributed by atoms with Gasteiger partial charge in [0.25, 0.3) is 0 Å². The van der Waals surface area contributed by atoms with E-state index in [-0.39, 0.29) is 11.3 Å². The number of rotatable bonds is 5. The second-order valence-corrected chi connectivity index (χ2v) is 6.04. The zero-order chi connectivity index (χ0) is 16.3. The molecule has 0 bridgehead atoms. The molecule has 2 aromatic rings. The van der Waals surface area contributed by atoms with Crippen LogP contribution in [0.1, 0.15) is 34.1 Å². The zero-order valence-electron chi connectivity index (χ0n) is 14.0. The third-order valence-electron chi connectivity index (χ3n) is 4.11. The minimum atomic E-state index is -0.380. The van der Waals surface area contributed by atoms with Crippen molar-refractivity contribution < 1.29 is 4.79 Å². The van der Waals surface area contributed by atoms with Gasteiger partial charge in [0.2, 0.25) is 5.91 Å². The highest BCUT2D eigenvalue weighted by atomic mass is 16.2. The third-order valence-corrected chi connectivity index (χ3v) is 4.11. The molecule has 0 saturated heterocycles. The van der Waals surface area contributed by atoms with Crippen LogP contribution in [0.5, 0.6) is 0 Å². The molecule has 2 aromatic heterocycles. The molecule has 5 heteroatoms. The van der Waals surface area contributed by atoms with Gasteiger partial charge in [0.05, 0.1) is 5.69 Å². The zero-order valence-corrected chi connectivity index (χ0v) is 14.0. The molecule has 0 spiro atoms. The Balaban J connectivity index is 2.39. The van der Waals surface area contributed by atoms with Crippen molar-refractivity contribution in [3.8, 4) is 11.3 Å². The molecule has 0 unspecified atom stereocenters. The Morgan fingerprint density at radius 1 is 1.36 bits per heavy atom. The molecule has 0 aliphatic rings. The Hall–Kier alpha value is -2.17. The van der Waals surface area contributed by atoms with Crippen LogP contribution in [0.2, 0.25) is 0 Å². The average molecular weight is 300 g/mol. The smallest absolute Gasteiger partial charge is 0.233 e. The Morgan fingerprint density at radius 2 is 2.09 bits per heavy atom. The first-order chi connectivity index (χ1) is 10.4. The lowest BCUT2D eigenvalue weighted by Gasteiger charge is -2.30. The predicted molar refractivity (Wildman–Crippen MR) is 88.5 cm³/mol. The van der Waals surface area contributed by atoms with Gasteiger partial charge in [-0.25, -0.2) is 0 Å². The number of hydrogen-bond acceptors (Lipinski definition) is 3. The highest BCUT2D eigenvalue weighted by molar-refractivity contribution is 5.96. The SMILES string of the molecule is CCN(C(=O)C(C)(C)CC)c1cc(-c2cccnc2)nn1C. The van der Waals surface area contributed by atoms with Gasteiger partial charge >= 0.3 is 0 Å². The second kappa shape index (κ2) is 6.30. The van der Waals surface area contributed by atoms with E-state index in [0.29, 0.717) is 6.54 Å². The normalized spacial score (nSPS) is 11.5. The lowest BCUT2D eigenvalue weighted by atomic mass is 9.88. The summed E-state index contributed by atoms with van der Waals surface area (Å²) in [5.74, 6) is 0.936. The van der Waals surface area contributed by atoms with E-state index in [2.05, 4.69) is 10.1 Å².